The van der Waals surface area contributed by atoms with E-state index in [-0.39, 0.29) is 5.70 Å². The lowest BCUT2D eigenvalue weighted by atomic mass is 10.0. The van der Waals surface area contributed by atoms with Crippen molar-refractivity contribution in [3.8, 4) is 5.75 Å². The van der Waals surface area contributed by atoms with Crippen molar-refractivity contribution in [1.82, 2.24) is 0 Å². The van der Waals surface area contributed by atoms with Gasteiger partial charge in [-0.1, -0.05) is 49.7 Å². The van der Waals surface area contributed by atoms with Gasteiger partial charge in [0, 0.05) is 10.6 Å². The highest BCUT2D eigenvalue weighted by molar-refractivity contribution is 14.1. The number of nitrogens with zero attached hydrogens (tertiary/aromatic N) is 1. The van der Waals surface area contributed by atoms with Crippen molar-refractivity contribution in [1.29, 1.82) is 0 Å². The summed E-state index contributed by atoms with van der Waals surface area (Å²) in [4.78, 5) is 16.8. The Hall–Kier alpha value is -1.91. The van der Waals surface area contributed by atoms with Crippen LogP contribution >= 0.6 is 56.8 Å². The van der Waals surface area contributed by atoms with Gasteiger partial charge in [0.15, 0.2) is 5.70 Å². The molecule has 0 aromatic heterocycles. The Balaban J connectivity index is 1.54. The number of ether oxygens (including phenoxy) is 2. The summed E-state index contributed by atoms with van der Waals surface area (Å²) in [6.45, 7) is 4.70. The molecule has 7 heteroatoms. The Morgan fingerprint density at radius 3 is 2.39 bits per heavy atom. The Morgan fingerprint density at radius 1 is 1.06 bits per heavy atom. The molecule has 0 radical (unpaired) electrons. The minimum Gasteiger partial charge on any atom is -0.487 e. The summed E-state index contributed by atoms with van der Waals surface area (Å²) in [6.07, 6.45) is 1.74. The van der Waals surface area contributed by atoms with Gasteiger partial charge in [0.1, 0.15) is 12.4 Å². The molecule has 0 bridgehead atoms. The van der Waals surface area contributed by atoms with E-state index in [1.807, 2.05) is 60.7 Å². The highest BCUT2D eigenvalue weighted by Gasteiger charge is 2.24. The molecule has 0 saturated carbocycles. The molecular formula is C26H20ClI2NO3. The number of rotatable bonds is 6. The Morgan fingerprint density at radius 2 is 1.76 bits per heavy atom. The van der Waals surface area contributed by atoms with Crippen molar-refractivity contribution < 1.29 is 14.3 Å². The van der Waals surface area contributed by atoms with Crippen LogP contribution in [0.3, 0.4) is 0 Å². The third-order valence-corrected chi connectivity index (χ3v) is 6.88. The van der Waals surface area contributed by atoms with Crippen LogP contribution < -0.4 is 4.74 Å². The fourth-order valence-corrected chi connectivity index (χ4v) is 5.62. The lowest BCUT2D eigenvalue weighted by molar-refractivity contribution is -0.129. The first-order valence-corrected chi connectivity index (χ1v) is 12.8. The Kier molecular flexibility index (Phi) is 7.76. The van der Waals surface area contributed by atoms with Gasteiger partial charge >= 0.3 is 5.97 Å². The van der Waals surface area contributed by atoms with Gasteiger partial charge in [-0.2, -0.15) is 0 Å². The maximum absolute atomic E-state index is 12.4. The maximum atomic E-state index is 12.4. The summed E-state index contributed by atoms with van der Waals surface area (Å²) in [5.41, 5.74) is 4.13. The molecule has 0 atom stereocenters. The van der Waals surface area contributed by atoms with E-state index in [4.69, 9.17) is 21.1 Å². The van der Waals surface area contributed by atoms with Gasteiger partial charge in [0.2, 0.25) is 5.90 Å². The van der Waals surface area contributed by atoms with Crippen molar-refractivity contribution in [3.63, 3.8) is 0 Å². The van der Waals surface area contributed by atoms with Crippen LogP contribution in [0.4, 0.5) is 0 Å². The second kappa shape index (κ2) is 10.6. The normalized spacial score (nSPS) is 14.5. The van der Waals surface area contributed by atoms with Crippen molar-refractivity contribution in [2.24, 2.45) is 4.99 Å². The minimum absolute atomic E-state index is 0.275. The predicted octanol–water partition coefficient (Wildman–Crippen LogP) is 7.60. The zero-order valence-electron chi connectivity index (χ0n) is 17.9. The summed E-state index contributed by atoms with van der Waals surface area (Å²) < 4.78 is 13.3. The molecule has 0 fully saturated rings. The number of esters is 1. The van der Waals surface area contributed by atoms with E-state index in [9.17, 15) is 4.79 Å². The lowest BCUT2D eigenvalue weighted by Gasteiger charge is -2.12. The van der Waals surface area contributed by atoms with Gasteiger partial charge in [-0.25, -0.2) is 9.79 Å². The first-order chi connectivity index (χ1) is 15.8. The standard InChI is InChI=1S/C26H20ClI2NO3/c1-15(2)18-6-8-19(9-7-18)25-30-23(26(31)33-25)13-17-11-21(28)24(22(29)12-17)32-14-16-4-3-5-20(27)10-16/h3-13,15H,14H2,1-2H3/b23-13-. The summed E-state index contributed by atoms with van der Waals surface area (Å²) in [7, 11) is 0. The van der Waals surface area contributed by atoms with Gasteiger partial charge in [0.05, 0.1) is 7.14 Å². The third kappa shape index (κ3) is 5.96. The smallest absolute Gasteiger partial charge is 0.363 e. The van der Waals surface area contributed by atoms with E-state index in [0.29, 0.717) is 23.4 Å². The summed E-state index contributed by atoms with van der Waals surface area (Å²) in [6, 6.07) is 19.5. The molecule has 4 nitrogen and oxygen atoms in total. The topological polar surface area (TPSA) is 47.9 Å². The fourth-order valence-electron chi connectivity index (χ4n) is 3.28. The molecule has 1 heterocycles. The molecule has 0 amide bonds. The fraction of sp³-hybridized carbons (Fsp3) is 0.154. The number of aliphatic imine (C=N–C) groups is 1. The molecule has 3 aromatic rings. The van der Waals surface area contributed by atoms with Crippen molar-refractivity contribution in [2.45, 2.75) is 26.4 Å². The van der Waals surface area contributed by atoms with Crippen LogP contribution in [-0.2, 0) is 16.1 Å². The van der Waals surface area contributed by atoms with Crippen LogP contribution in [0.25, 0.3) is 6.08 Å². The van der Waals surface area contributed by atoms with Crippen molar-refractivity contribution >= 4 is 74.7 Å². The van der Waals surface area contributed by atoms with Gasteiger partial charge in [-0.05, 0) is 110 Å². The molecule has 168 valence electrons. The first-order valence-electron chi connectivity index (χ1n) is 10.3. The van der Waals surface area contributed by atoms with Crippen LogP contribution in [0, 0.1) is 7.14 Å². The Labute approximate surface area is 225 Å². The monoisotopic (exact) mass is 683 g/mol. The van der Waals surface area contributed by atoms with Crippen LogP contribution in [0.5, 0.6) is 5.75 Å². The minimum atomic E-state index is -0.454. The zero-order valence-corrected chi connectivity index (χ0v) is 23.0. The number of carbonyl (C=O) groups is 1. The van der Waals surface area contributed by atoms with E-state index in [1.54, 1.807) is 6.08 Å². The van der Waals surface area contributed by atoms with E-state index in [2.05, 4.69) is 64.0 Å². The van der Waals surface area contributed by atoms with E-state index in [0.717, 1.165) is 29.6 Å². The molecule has 0 aliphatic carbocycles. The molecular weight excluding hydrogens is 664 g/mol. The number of benzene rings is 3. The molecule has 3 aromatic carbocycles. The number of halogens is 3. The van der Waals surface area contributed by atoms with Crippen LogP contribution in [0.15, 0.2) is 71.4 Å². The molecule has 4 rings (SSSR count). The number of hydrogen-bond donors (Lipinski definition) is 0. The van der Waals surface area contributed by atoms with Crippen LogP contribution in [0.2, 0.25) is 5.02 Å². The lowest BCUT2D eigenvalue weighted by Crippen LogP contribution is -2.05. The average Bonchev–Trinajstić information content (AvgIpc) is 3.13. The summed E-state index contributed by atoms with van der Waals surface area (Å²) in [5.74, 6) is 1.10. The molecule has 0 N–H and O–H groups in total. The van der Waals surface area contributed by atoms with E-state index < -0.39 is 5.97 Å². The predicted molar refractivity (Wildman–Crippen MR) is 149 cm³/mol. The number of carbonyl (C=O) groups excluding carboxylic acids is 1. The van der Waals surface area contributed by atoms with Gasteiger partial charge in [-0.15, -0.1) is 0 Å². The van der Waals surface area contributed by atoms with Gasteiger partial charge < -0.3 is 9.47 Å². The van der Waals surface area contributed by atoms with Crippen molar-refractivity contribution in [2.75, 3.05) is 0 Å². The molecule has 1 aliphatic rings. The second-order valence-corrected chi connectivity index (χ2v) is 10.6. The summed E-state index contributed by atoms with van der Waals surface area (Å²) >= 11 is 10.5. The zero-order chi connectivity index (χ0) is 23.5. The summed E-state index contributed by atoms with van der Waals surface area (Å²) in [5, 5.41) is 0.682. The van der Waals surface area contributed by atoms with E-state index >= 15 is 0 Å². The van der Waals surface area contributed by atoms with Gasteiger partial charge in [-0.3, -0.25) is 0 Å². The van der Waals surface area contributed by atoms with Gasteiger partial charge in [0.25, 0.3) is 0 Å². The molecule has 0 unspecified atom stereocenters. The Bertz CT molecular complexity index is 1240. The number of cyclic esters (lactones) is 1. The maximum Gasteiger partial charge on any atom is 0.363 e. The van der Waals surface area contributed by atoms with Crippen LogP contribution in [0.1, 0.15) is 42.0 Å². The highest BCUT2D eigenvalue weighted by atomic mass is 127. The van der Waals surface area contributed by atoms with Crippen LogP contribution in [-0.4, -0.2) is 11.9 Å². The third-order valence-electron chi connectivity index (χ3n) is 5.04. The molecule has 1 aliphatic heterocycles. The second-order valence-electron chi connectivity index (χ2n) is 7.85. The quantitative estimate of drug-likeness (QED) is 0.153. The molecule has 0 saturated heterocycles. The largest absolute Gasteiger partial charge is 0.487 e. The molecule has 33 heavy (non-hydrogen) atoms. The highest BCUT2D eigenvalue weighted by Crippen LogP contribution is 2.31. The number of hydrogen-bond acceptors (Lipinski definition) is 4. The SMILES string of the molecule is CC(C)c1ccc(C2=N/C(=C\c3cc(I)c(OCc4cccc(Cl)c4)c(I)c3)C(=O)O2)cc1. The van der Waals surface area contributed by atoms with Crippen molar-refractivity contribution in [3.05, 3.63) is 101 Å². The average molecular weight is 684 g/mol. The first kappa shape index (κ1) is 24.2. The molecule has 0 spiro atoms. The van der Waals surface area contributed by atoms with E-state index in [1.165, 1.54) is 5.56 Å².